The van der Waals surface area contributed by atoms with Gasteiger partial charge < -0.3 is 5.11 Å². The Labute approximate surface area is 81.1 Å². The van der Waals surface area contributed by atoms with Gasteiger partial charge >= 0.3 is 12.1 Å². The highest BCUT2D eigenvalue weighted by molar-refractivity contribution is 4.83. The van der Waals surface area contributed by atoms with E-state index in [2.05, 4.69) is 5.10 Å². The van der Waals surface area contributed by atoms with E-state index in [4.69, 9.17) is 5.11 Å². The molecule has 0 aliphatic heterocycles. The average molecular weight is 230 g/mol. The van der Waals surface area contributed by atoms with Crippen molar-refractivity contribution in [2.24, 2.45) is 0 Å². The minimum Gasteiger partial charge on any atom is -0.371 e. The van der Waals surface area contributed by atoms with Crippen LogP contribution in [0.2, 0.25) is 0 Å². The number of hydrogen-bond acceptors (Lipinski definition) is 2. The monoisotopic (exact) mass is 230 g/mol. The van der Waals surface area contributed by atoms with Crippen molar-refractivity contribution in [2.45, 2.75) is 24.7 Å². The molecule has 0 aliphatic carbocycles. The summed E-state index contributed by atoms with van der Waals surface area (Å²) in [6, 6.07) is 1.30. The van der Waals surface area contributed by atoms with Gasteiger partial charge in [0.25, 0.3) is 0 Å². The van der Waals surface area contributed by atoms with E-state index in [1.807, 2.05) is 0 Å². The molecule has 15 heavy (non-hydrogen) atoms. The highest BCUT2D eigenvalue weighted by Crippen LogP contribution is 2.40. The van der Waals surface area contributed by atoms with Crippen LogP contribution in [-0.4, -0.2) is 27.0 Å². The SMILES string of the molecule is OC(CC(F)(F)C(F)(F)F)n1cccn1. The molecule has 1 aromatic rings. The van der Waals surface area contributed by atoms with E-state index < -0.39 is 24.7 Å². The van der Waals surface area contributed by atoms with Gasteiger partial charge in [0, 0.05) is 12.4 Å². The Bertz CT molecular complexity index is 308. The molecule has 1 rings (SSSR count). The third-order valence-corrected chi connectivity index (χ3v) is 1.68. The topological polar surface area (TPSA) is 38.0 Å². The second-order valence-electron chi connectivity index (χ2n) is 2.87. The van der Waals surface area contributed by atoms with Crippen LogP contribution in [0, 0.1) is 0 Å². The molecule has 1 atom stereocenters. The standard InChI is InChI=1S/C7H7F5N2O/c8-6(9,7(10,11)12)4-5(15)14-3-1-2-13-14/h1-3,5,15H,4H2. The Morgan fingerprint density at radius 3 is 2.27 bits per heavy atom. The van der Waals surface area contributed by atoms with E-state index in [1.54, 1.807) is 0 Å². The normalized spacial score (nSPS) is 15.3. The van der Waals surface area contributed by atoms with Crippen LogP contribution in [0.3, 0.4) is 0 Å². The molecule has 0 fully saturated rings. The zero-order valence-corrected chi connectivity index (χ0v) is 7.25. The van der Waals surface area contributed by atoms with E-state index >= 15 is 0 Å². The molecule has 1 N–H and O–H groups in total. The Kier molecular flexibility index (Phi) is 2.98. The molecule has 0 aliphatic rings. The maximum atomic E-state index is 12.4. The molecule has 0 amide bonds. The number of hydrogen-bond donors (Lipinski definition) is 1. The van der Waals surface area contributed by atoms with Crippen molar-refractivity contribution in [1.29, 1.82) is 0 Å². The number of nitrogens with zero attached hydrogens (tertiary/aromatic N) is 2. The summed E-state index contributed by atoms with van der Waals surface area (Å²) >= 11 is 0. The highest BCUT2D eigenvalue weighted by atomic mass is 19.4. The van der Waals surface area contributed by atoms with Crippen molar-refractivity contribution in [2.75, 3.05) is 0 Å². The maximum absolute atomic E-state index is 12.4. The van der Waals surface area contributed by atoms with Gasteiger partial charge in [-0.25, -0.2) is 4.68 Å². The zero-order chi connectivity index (χ0) is 11.7. The number of halogens is 5. The second kappa shape index (κ2) is 3.76. The van der Waals surface area contributed by atoms with Crippen LogP contribution in [0.1, 0.15) is 12.6 Å². The van der Waals surface area contributed by atoms with Gasteiger partial charge in [0.05, 0.1) is 6.42 Å². The predicted octanol–water partition coefficient (Wildman–Crippen LogP) is 1.96. The average Bonchev–Trinajstić information content (AvgIpc) is 2.51. The van der Waals surface area contributed by atoms with Crippen LogP contribution in [0.25, 0.3) is 0 Å². The molecule has 0 aromatic carbocycles. The first kappa shape index (κ1) is 11.9. The summed E-state index contributed by atoms with van der Waals surface area (Å²) in [6.45, 7) is 0. The first-order chi connectivity index (χ1) is 6.74. The highest BCUT2D eigenvalue weighted by Gasteiger charge is 2.58. The summed E-state index contributed by atoms with van der Waals surface area (Å²) in [5.74, 6) is -4.93. The number of aliphatic hydroxyl groups is 1. The lowest BCUT2D eigenvalue weighted by atomic mass is 10.2. The lowest BCUT2D eigenvalue weighted by Gasteiger charge is -2.22. The molecule has 0 radical (unpaired) electrons. The summed E-state index contributed by atoms with van der Waals surface area (Å²) < 4.78 is 60.8. The quantitative estimate of drug-likeness (QED) is 0.806. The third-order valence-electron chi connectivity index (χ3n) is 1.68. The van der Waals surface area contributed by atoms with Gasteiger partial charge in [0.15, 0.2) is 6.23 Å². The molecule has 0 bridgehead atoms. The molecule has 1 unspecified atom stereocenters. The molecule has 0 spiro atoms. The van der Waals surface area contributed by atoms with Crippen molar-refractivity contribution in [3.8, 4) is 0 Å². The fraction of sp³-hybridized carbons (Fsp3) is 0.571. The smallest absolute Gasteiger partial charge is 0.371 e. The molecular formula is C7H7F5N2O. The van der Waals surface area contributed by atoms with Crippen molar-refractivity contribution < 1.29 is 27.1 Å². The van der Waals surface area contributed by atoms with Gasteiger partial charge in [0.2, 0.25) is 0 Å². The predicted molar refractivity (Wildman–Crippen MR) is 39.1 cm³/mol. The van der Waals surface area contributed by atoms with Gasteiger partial charge in [-0.2, -0.15) is 27.1 Å². The minimum atomic E-state index is -5.67. The van der Waals surface area contributed by atoms with Gasteiger partial charge in [-0.3, -0.25) is 0 Å². The van der Waals surface area contributed by atoms with Crippen LogP contribution >= 0.6 is 0 Å². The Morgan fingerprint density at radius 2 is 1.87 bits per heavy atom. The van der Waals surface area contributed by atoms with E-state index in [1.165, 1.54) is 6.07 Å². The maximum Gasteiger partial charge on any atom is 0.453 e. The Morgan fingerprint density at radius 1 is 1.27 bits per heavy atom. The lowest BCUT2D eigenvalue weighted by molar-refractivity contribution is -0.293. The van der Waals surface area contributed by atoms with Gasteiger partial charge in [0.1, 0.15) is 0 Å². The molecule has 1 aromatic heterocycles. The van der Waals surface area contributed by atoms with E-state index in [9.17, 15) is 22.0 Å². The molecule has 0 saturated heterocycles. The summed E-state index contributed by atoms with van der Waals surface area (Å²) in [6.07, 6.45) is -7.16. The number of aliphatic hydroxyl groups excluding tert-OH is 1. The largest absolute Gasteiger partial charge is 0.453 e. The molecule has 3 nitrogen and oxygen atoms in total. The van der Waals surface area contributed by atoms with E-state index in [0.717, 1.165) is 12.4 Å². The Balaban J connectivity index is 2.70. The summed E-state index contributed by atoms with van der Waals surface area (Å²) in [7, 11) is 0. The van der Waals surface area contributed by atoms with E-state index in [-0.39, 0.29) is 0 Å². The van der Waals surface area contributed by atoms with Gasteiger partial charge in [-0.05, 0) is 6.07 Å². The molecule has 1 heterocycles. The fourth-order valence-corrected chi connectivity index (χ4v) is 0.895. The Hall–Kier alpha value is -1.18. The molecule has 86 valence electrons. The first-order valence-corrected chi connectivity index (χ1v) is 3.86. The van der Waals surface area contributed by atoms with Crippen LogP contribution in [-0.2, 0) is 0 Å². The van der Waals surface area contributed by atoms with Crippen LogP contribution in [0.5, 0.6) is 0 Å². The van der Waals surface area contributed by atoms with Crippen LogP contribution < -0.4 is 0 Å². The molecule has 0 saturated carbocycles. The number of aromatic nitrogens is 2. The second-order valence-corrected chi connectivity index (χ2v) is 2.87. The van der Waals surface area contributed by atoms with Gasteiger partial charge in [-0.15, -0.1) is 0 Å². The van der Waals surface area contributed by atoms with Crippen LogP contribution in [0.15, 0.2) is 18.5 Å². The van der Waals surface area contributed by atoms with E-state index in [0.29, 0.717) is 4.68 Å². The summed E-state index contributed by atoms with van der Waals surface area (Å²) in [5, 5.41) is 12.4. The van der Waals surface area contributed by atoms with Crippen molar-refractivity contribution in [1.82, 2.24) is 9.78 Å². The summed E-state index contributed by atoms with van der Waals surface area (Å²) in [5.41, 5.74) is 0. The number of alkyl halides is 5. The van der Waals surface area contributed by atoms with Crippen LogP contribution in [0.4, 0.5) is 22.0 Å². The summed E-state index contributed by atoms with van der Waals surface area (Å²) in [4.78, 5) is 0. The molecule has 8 heteroatoms. The van der Waals surface area contributed by atoms with Crippen molar-refractivity contribution >= 4 is 0 Å². The van der Waals surface area contributed by atoms with Crippen molar-refractivity contribution in [3.63, 3.8) is 0 Å². The molecular weight excluding hydrogens is 223 g/mol. The minimum absolute atomic E-state index is 0.625. The first-order valence-electron chi connectivity index (χ1n) is 3.86. The fourth-order valence-electron chi connectivity index (χ4n) is 0.895. The van der Waals surface area contributed by atoms with Crippen molar-refractivity contribution in [3.05, 3.63) is 18.5 Å². The lowest BCUT2D eigenvalue weighted by Crippen LogP contribution is -2.38. The number of rotatable bonds is 3. The van der Waals surface area contributed by atoms with Gasteiger partial charge in [-0.1, -0.05) is 0 Å². The zero-order valence-electron chi connectivity index (χ0n) is 7.25. The third kappa shape index (κ3) is 2.65.